The Kier molecular flexibility index (Phi) is 7.19. The third-order valence-electron chi connectivity index (χ3n) is 0.167. The monoisotopic (exact) mass is 150 g/mol. The summed E-state index contributed by atoms with van der Waals surface area (Å²) >= 11 is 0. The van der Waals surface area contributed by atoms with Crippen LogP contribution in [0.25, 0.3) is 0 Å². The highest BCUT2D eigenvalue weighted by molar-refractivity contribution is 5.76. The molecule has 2 nitrogen and oxygen atoms in total. The number of aliphatic carboxylic acids is 1. The van der Waals surface area contributed by atoms with E-state index in [4.69, 9.17) is 9.90 Å². The van der Waals surface area contributed by atoms with Crippen molar-refractivity contribution in [1.29, 1.82) is 0 Å². The van der Waals surface area contributed by atoms with E-state index < -0.39 is 5.97 Å². The first-order valence-electron chi connectivity index (χ1n) is 1.11. The molecule has 0 radical (unpaired) electrons. The van der Waals surface area contributed by atoms with E-state index in [1.807, 2.05) is 0 Å². The maximum absolute atomic E-state index is 9.14. The average molecular weight is 151 g/mol. The Morgan fingerprint density at radius 1 is 1.83 bits per heavy atom. The van der Waals surface area contributed by atoms with Gasteiger partial charge in [-0.05, 0) is 6.08 Å². The van der Waals surface area contributed by atoms with Crippen molar-refractivity contribution in [2.24, 2.45) is 0 Å². The van der Waals surface area contributed by atoms with Gasteiger partial charge in [-0.1, -0.05) is 6.58 Å². The standard InChI is InChI=1S/C3H4O2.BrH/c1-2-3(4)5;/h2H,1H2,(H,4,5);1H/p-2. The minimum absolute atomic E-state index is 0. The van der Waals surface area contributed by atoms with Gasteiger partial charge in [-0.15, -0.1) is 0 Å². The van der Waals surface area contributed by atoms with E-state index >= 15 is 0 Å². The van der Waals surface area contributed by atoms with Crippen LogP contribution in [0, 0.1) is 0 Å². The molecule has 0 spiro atoms. The summed E-state index contributed by atoms with van der Waals surface area (Å²) in [5, 5.41) is 9.14. The molecule has 0 amide bonds. The summed E-state index contributed by atoms with van der Waals surface area (Å²) in [4.78, 5) is 9.14. The van der Waals surface area contributed by atoms with Crippen molar-refractivity contribution in [3.63, 3.8) is 0 Å². The van der Waals surface area contributed by atoms with Crippen molar-refractivity contribution in [3.05, 3.63) is 12.7 Å². The van der Waals surface area contributed by atoms with Gasteiger partial charge >= 0.3 is 0 Å². The van der Waals surface area contributed by atoms with Crippen LogP contribution in [0.2, 0.25) is 0 Å². The summed E-state index contributed by atoms with van der Waals surface area (Å²) in [6, 6.07) is 0. The molecule has 0 heterocycles. The molecule has 0 saturated heterocycles. The van der Waals surface area contributed by atoms with Gasteiger partial charge in [0, 0.05) is 0 Å². The second-order valence-corrected chi connectivity index (χ2v) is 0.523. The number of carboxylic acid groups (broad SMARTS) is 1. The fraction of sp³-hybridized carbons (Fsp3) is 0. The van der Waals surface area contributed by atoms with Crippen molar-refractivity contribution in [1.82, 2.24) is 0 Å². The average Bonchev–Trinajstić information content (AvgIpc) is 1.38. The number of hydrogen-bond donors (Lipinski definition) is 0. The molecule has 0 aliphatic rings. The van der Waals surface area contributed by atoms with Gasteiger partial charge in [-0.2, -0.15) is 0 Å². The van der Waals surface area contributed by atoms with E-state index in [2.05, 4.69) is 6.58 Å². The third-order valence-corrected chi connectivity index (χ3v) is 0.167. The Morgan fingerprint density at radius 3 is 2.00 bits per heavy atom. The SMILES string of the molecule is C=CC(=O)[O-].[Br-]. The van der Waals surface area contributed by atoms with Crippen LogP contribution in [-0.4, -0.2) is 5.97 Å². The Labute approximate surface area is 46.2 Å². The largest absolute Gasteiger partial charge is 1.00 e. The van der Waals surface area contributed by atoms with Gasteiger partial charge in [-0.3, -0.25) is 0 Å². The summed E-state index contributed by atoms with van der Waals surface area (Å²) in [5.74, 6) is -1.23. The molecular formula is C3H3BrO2-2. The second kappa shape index (κ2) is 4.69. The molecule has 3 heteroatoms. The lowest BCUT2D eigenvalue weighted by molar-refractivity contribution is -0.297. The van der Waals surface area contributed by atoms with E-state index in [1.165, 1.54) is 0 Å². The van der Waals surface area contributed by atoms with E-state index in [1.54, 1.807) is 0 Å². The molecule has 0 bridgehead atoms. The maximum atomic E-state index is 9.14. The minimum atomic E-state index is -1.23. The summed E-state index contributed by atoms with van der Waals surface area (Å²) in [6.07, 6.45) is 0.722. The first-order chi connectivity index (χ1) is 2.27. The highest BCUT2D eigenvalue weighted by Crippen LogP contribution is 1.47. The molecule has 0 saturated carbocycles. The van der Waals surface area contributed by atoms with E-state index in [9.17, 15) is 0 Å². The molecule has 0 unspecified atom stereocenters. The second-order valence-electron chi connectivity index (χ2n) is 0.523. The van der Waals surface area contributed by atoms with Crippen molar-refractivity contribution in [3.8, 4) is 0 Å². The lowest BCUT2D eigenvalue weighted by atomic mass is 10.7. The number of carbonyl (C=O) groups is 1. The lowest BCUT2D eigenvalue weighted by Crippen LogP contribution is -3.00. The van der Waals surface area contributed by atoms with Crippen LogP contribution in [0.1, 0.15) is 0 Å². The fourth-order valence-corrected chi connectivity index (χ4v) is 0. The van der Waals surface area contributed by atoms with Crippen LogP contribution in [0.4, 0.5) is 0 Å². The molecule has 0 rings (SSSR count). The molecular weight excluding hydrogens is 148 g/mol. The van der Waals surface area contributed by atoms with Crippen molar-refractivity contribution >= 4 is 5.97 Å². The maximum Gasteiger partial charge on any atom is 0.0636 e. The van der Waals surface area contributed by atoms with Gasteiger partial charge < -0.3 is 26.9 Å². The number of carbonyl (C=O) groups excluding carboxylic acids is 1. The number of halogens is 1. The summed E-state index contributed by atoms with van der Waals surface area (Å²) in [6.45, 7) is 2.90. The number of rotatable bonds is 1. The first-order valence-corrected chi connectivity index (χ1v) is 1.11. The van der Waals surface area contributed by atoms with Crippen molar-refractivity contribution in [2.75, 3.05) is 0 Å². The quantitative estimate of drug-likeness (QED) is 0.357. The van der Waals surface area contributed by atoms with E-state index in [-0.39, 0.29) is 17.0 Å². The van der Waals surface area contributed by atoms with Gasteiger partial charge in [-0.25, -0.2) is 0 Å². The normalized spacial score (nSPS) is 5.33. The van der Waals surface area contributed by atoms with Crippen LogP contribution >= 0.6 is 0 Å². The smallest absolute Gasteiger partial charge is 0.0636 e. The van der Waals surface area contributed by atoms with Gasteiger partial charge in [0.25, 0.3) is 0 Å². The first kappa shape index (κ1) is 9.19. The Hall–Kier alpha value is -0.310. The van der Waals surface area contributed by atoms with Crippen molar-refractivity contribution < 1.29 is 26.9 Å². The van der Waals surface area contributed by atoms with Gasteiger partial charge in [0.1, 0.15) is 0 Å². The van der Waals surface area contributed by atoms with Crippen molar-refractivity contribution in [2.45, 2.75) is 0 Å². The van der Waals surface area contributed by atoms with Crippen LogP contribution in [0.15, 0.2) is 12.7 Å². The lowest BCUT2D eigenvalue weighted by Gasteiger charge is -1.81. The highest BCUT2D eigenvalue weighted by Gasteiger charge is 1.55. The van der Waals surface area contributed by atoms with Gasteiger partial charge in [0.15, 0.2) is 0 Å². The highest BCUT2D eigenvalue weighted by atomic mass is 79.9. The summed E-state index contributed by atoms with van der Waals surface area (Å²) in [5.41, 5.74) is 0. The Balaban J connectivity index is 0. The molecule has 0 aromatic carbocycles. The molecule has 36 valence electrons. The zero-order valence-corrected chi connectivity index (χ0v) is 4.56. The van der Waals surface area contributed by atoms with Gasteiger partial charge in [0.2, 0.25) is 0 Å². The third kappa shape index (κ3) is 9.35. The minimum Gasteiger partial charge on any atom is -1.00 e. The number of carboxylic acids is 1. The fourth-order valence-electron chi connectivity index (χ4n) is 0. The summed E-state index contributed by atoms with van der Waals surface area (Å²) in [7, 11) is 0. The zero-order valence-electron chi connectivity index (χ0n) is 2.98. The molecule has 0 aliphatic heterocycles. The molecule has 0 N–H and O–H groups in total. The molecule has 0 atom stereocenters. The van der Waals surface area contributed by atoms with E-state index in [0.29, 0.717) is 0 Å². The van der Waals surface area contributed by atoms with E-state index in [0.717, 1.165) is 6.08 Å². The Bertz CT molecular complexity index is 59.8. The molecule has 6 heavy (non-hydrogen) atoms. The molecule has 0 aromatic heterocycles. The topological polar surface area (TPSA) is 40.1 Å². The molecule has 0 aromatic rings. The zero-order chi connectivity index (χ0) is 4.28. The number of hydrogen-bond acceptors (Lipinski definition) is 2. The predicted octanol–water partition coefficient (Wildman–Crippen LogP) is -4.07. The summed E-state index contributed by atoms with van der Waals surface area (Å²) < 4.78 is 0. The molecule has 0 fully saturated rings. The molecule has 0 aliphatic carbocycles. The van der Waals surface area contributed by atoms with Crippen LogP contribution in [0.5, 0.6) is 0 Å². The van der Waals surface area contributed by atoms with Crippen LogP contribution in [-0.2, 0) is 4.79 Å². The predicted molar refractivity (Wildman–Crippen MR) is 15.2 cm³/mol. The van der Waals surface area contributed by atoms with Crippen LogP contribution < -0.4 is 22.1 Å². The van der Waals surface area contributed by atoms with Gasteiger partial charge in [0.05, 0.1) is 5.97 Å². The van der Waals surface area contributed by atoms with Crippen LogP contribution in [0.3, 0.4) is 0 Å². The Morgan fingerprint density at radius 2 is 2.00 bits per heavy atom.